The van der Waals surface area contributed by atoms with Gasteiger partial charge in [-0.2, -0.15) is 0 Å². The molecule has 0 atom stereocenters. The topological polar surface area (TPSA) is 83.8 Å². The van der Waals surface area contributed by atoms with Gasteiger partial charge in [-0.3, -0.25) is 9.78 Å². The molecular weight excluding hydrogens is 343 g/mol. The average molecular weight is 360 g/mol. The van der Waals surface area contributed by atoms with Crippen LogP contribution in [0.1, 0.15) is 16.2 Å². The first-order chi connectivity index (χ1) is 13.1. The molecule has 134 valence electrons. The van der Waals surface area contributed by atoms with E-state index >= 15 is 0 Å². The van der Waals surface area contributed by atoms with Gasteiger partial charge in [0.1, 0.15) is 11.5 Å². The Bertz CT molecular complexity index is 1100. The van der Waals surface area contributed by atoms with Gasteiger partial charge in [0.25, 0.3) is 5.91 Å². The highest BCUT2D eigenvalue weighted by atomic mass is 19.1. The highest BCUT2D eigenvalue weighted by Gasteiger charge is 2.10. The number of hydrogen-bond donors (Lipinski definition) is 3. The van der Waals surface area contributed by atoms with Crippen LogP contribution in [0.15, 0.2) is 66.9 Å². The van der Waals surface area contributed by atoms with Crippen molar-refractivity contribution in [3.05, 3.63) is 84.1 Å². The van der Waals surface area contributed by atoms with Crippen molar-refractivity contribution >= 4 is 22.5 Å². The molecule has 0 radical (unpaired) electrons. The van der Waals surface area contributed by atoms with E-state index in [-0.39, 0.29) is 11.7 Å². The third-order valence-electron chi connectivity index (χ3n) is 4.32. The molecule has 0 unspecified atom stereocenters. The number of amides is 1. The number of nitrogens with one attached hydrogen (secondary N) is 2. The predicted molar refractivity (Wildman–Crippen MR) is 104 cm³/mol. The highest BCUT2D eigenvalue weighted by molar-refractivity contribution is 5.98. The van der Waals surface area contributed by atoms with Gasteiger partial charge in [0.2, 0.25) is 0 Å². The van der Waals surface area contributed by atoms with Crippen LogP contribution in [0.2, 0.25) is 0 Å². The molecule has 2 aromatic carbocycles. The number of aromatic amines is 1. The van der Waals surface area contributed by atoms with Crippen LogP contribution in [-0.4, -0.2) is 15.9 Å². The Hall–Kier alpha value is -3.67. The number of carbonyl (C=O) groups excluding carboxylic acids is 1. The summed E-state index contributed by atoms with van der Waals surface area (Å²) < 4.78 is 13.1. The Balaban J connectivity index is 1.53. The van der Waals surface area contributed by atoms with E-state index < -0.39 is 0 Å². The molecule has 2 aromatic heterocycles. The lowest BCUT2D eigenvalue weighted by molar-refractivity contribution is 0.0946. The number of carbonyl (C=O) groups is 1. The molecule has 0 saturated heterocycles. The molecular formula is C21H17FN4O. The summed E-state index contributed by atoms with van der Waals surface area (Å²) in [5, 5.41) is 3.76. The molecule has 0 fully saturated rings. The zero-order valence-electron chi connectivity index (χ0n) is 14.4. The normalized spacial score (nSPS) is 10.9. The molecule has 4 N–H and O–H groups in total. The fraction of sp³-hybridized carbons (Fsp3) is 0.0476. The summed E-state index contributed by atoms with van der Waals surface area (Å²) in [5.74, 6) is -0.484. The number of halogens is 1. The van der Waals surface area contributed by atoms with E-state index in [4.69, 9.17) is 5.73 Å². The number of nitrogens with zero attached hydrogens (tertiary/aromatic N) is 1. The average Bonchev–Trinajstić information content (AvgIpc) is 3.11. The van der Waals surface area contributed by atoms with E-state index in [0.717, 1.165) is 27.7 Å². The lowest BCUT2D eigenvalue weighted by atomic mass is 10.0. The van der Waals surface area contributed by atoms with Gasteiger partial charge in [0.05, 0.1) is 24.1 Å². The molecule has 6 heteroatoms. The van der Waals surface area contributed by atoms with Crippen molar-refractivity contribution in [3.63, 3.8) is 0 Å². The number of H-pyrrole nitrogens is 1. The van der Waals surface area contributed by atoms with E-state index in [2.05, 4.69) is 15.3 Å². The summed E-state index contributed by atoms with van der Waals surface area (Å²) in [6.45, 7) is 0.315. The monoisotopic (exact) mass is 360 g/mol. The Morgan fingerprint density at radius 3 is 2.56 bits per heavy atom. The van der Waals surface area contributed by atoms with Crippen LogP contribution >= 0.6 is 0 Å². The number of nitrogen functional groups attached to an aromatic ring is 1. The van der Waals surface area contributed by atoms with Gasteiger partial charge in [0, 0.05) is 10.9 Å². The molecule has 0 aliphatic rings. The first-order valence-corrected chi connectivity index (χ1v) is 8.46. The number of nitrogens with two attached hydrogens (primary N) is 1. The zero-order chi connectivity index (χ0) is 18.8. The summed E-state index contributed by atoms with van der Waals surface area (Å²) in [4.78, 5) is 19.7. The van der Waals surface area contributed by atoms with Crippen molar-refractivity contribution in [3.8, 4) is 11.1 Å². The maximum absolute atomic E-state index is 13.1. The Morgan fingerprint density at radius 1 is 1.04 bits per heavy atom. The van der Waals surface area contributed by atoms with Crippen LogP contribution in [0.3, 0.4) is 0 Å². The van der Waals surface area contributed by atoms with Gasteiger partial charge in [-0.25, -0.2) is 4.39 Å². The van der Waals surface area contributed by atoms with Crippen LogP contribution in [0.4, 0.5) is 10.1 Å². The van der Waals surface area contributed by atoms with Crippen LogP contribution < -0.4 is 11.1 Å². The Labute approximate surface area is 155 Å². The largest absolute Gasteiger partial charge is 0.397 e. The summed E-state index contributed by atoms with van der Waals surface area (Å²) in [6, 6.07) is 17.5. The minimum Gasteiger partial charge on any atom is -0.397 e. The van der Waals surface area contributed by atoms with Gasteiger partial charge >= 0.3 is 0 Å². The van der Waals surface area contributed by atoms with Gasteiger partial charge in [-0.1, -0.05) is 24.3 Å². The summed E-state index contributed by atoms with van der Waals surface area (Å²) in [6.07, 6.45) is 1.56. The molecule has 4 aromatic rings. The number of anilines is 1. The smallest absolute Gasteiger partial charge is 0.268 e. The zero-order valence-corrected chi connectivity index (χ0v) is 14.4. The second-order valence-electron chi connectivity index (χ2n) is 6.26. The van der Waals surface area contributed by atoms with Gasteiger partial charge in [-0.15, -0.1) is 0 Å². The standard InChI is InChI=1S/C21H17FN4O/c22-16-5-3-13(4-6-16)14-1-2-15-10-20(26-19(15)9-14)21(27)25-12-18-8-7-17(23)11-24-18/h1-11,26H,12,23H2,(H,25,27). The van der Waals surface area contributed by atoms with E-state index in [1.54, 1.807) is 36.5 Å². The fourth-order valence-electron chi connectivity index (χ4n) is 2.88. The summed E-state index contributed by atoms with van der Waals surface area (Å²) in [5.41, 5.74) is 10.1. The van der Waals surface area contributed by atoms with E-state index in [9.17, 15) is 9.18 Å². The van der Waals surface area contributed by atoms with E-state index in [1.807, 2.05) is 18.2 Å². The summed E-state index contributed by atoms with van der Waals surface area (Å²) in [7, 11) is 0. The maximum Gasteiger partial charge on any atom is 0.268 e. The lowest BCUT2D eigenvalue weighted by Crippen LogP contribution is -2.23. The third-order valence-corrected chi connectivity index (χ3v) is 4.32. The molecule has 0 spiro atoms. The van der Waals surface area contributed by atoms with Crippen LogP contribution in [0, 0.1) is 5.82 Å². The predicted octanol–water partition coefficient (Wildman–Crippen LogP) is 3.88. The molecule has 0 saturated carbocycles. The number of rotatable bonds is 4. The molecule has 0 aliphatic carbocycles. The summed E-state index contributed by atoms with van der Waals surface area (Å²) >= 11 is 0. The fourth-order valence-corrected chi connectivity index (χ4v) is 2.88. The number of pyridine rings is 1. The molecule has 2 heterocycles. The molecule has 1 amide bonds. The van der Waals surface area contributed by atoms with Crippen molar-refractivity contribution in [1.29, 1.82) is 0 Å². The van der Waals surface area contributed by atoms with Crippen LogP contribution in [0.5, 0.6) is 0 Å². The Morgan fingerprint density at radius 2 is 1.81 bits per heavy atom. The number of benzene rings is 2. The van der Waals surface area contributed by atoms with Crippen LogP contribution in [0.25, 0.3) is 22.0 Å². The van der Waals surface area contributed by atoms with Crippen molar-refractivity contribution in [1.82, 2.24) is 15.3 Å². The van der Waals surface area contributed by atoms with Gasteiger partial charge < -0.3 is 16.0 Å². The molecule has 0 bridgehead atoms. The van der Waals surface area contributed by atoms with Crippen molar-refractivity contribution in [2.75, 3.05) is 5.73 Å². The highest BCUT2D eigenvalue weighted by Crippen LogP contribution is 2.25. The van der Waals surface area contributed by atoms with Crippen LogP contribution in [-0.2, 0) is 6.54 Å². The van der Waals surface area contributed by atoms with Crippen molar-refractivity contribution in [2.24, 2.45) is 0 Å². The van der Waals surface area contributed by atoms with Gasteiger partial charge in [-0.05, 0) is 47.5 Å². The van der Waals surface area contributed by atoms with E-state index in [1.165, 1.54) is 12.1 Å². The number of fused-ring (bicyclic) bond motifs is 1. The SMILES string of the molecule is Nc1ccc(CNC(=O)c2cc3ccc(-c4ccc(F)cc4)cc3[nH]2)nc1. The van der Waals surface area contributed by atoms with E-state index in [0.29, 0.717) is 17.9 Å². The lowest BCUT2D eigenvalue weighted by Gasteiger charge is -2.03. The minimum absolute atomic E-state index is 0.215. The quantitative estimate of drug-likeness (QED) is 0.516. The molecule has 0 aliphatic heterocycles. The Kier molecular flexibility index (Phi) is 4.30. The number of aromatic nitrogens is 2. The minimum atomic E-state index is -0.269. The third kappa shape index (κ3) is 3.64. The molecule has 4 rings (SSSR count). The second-order valence-corrected chi connectivity index (χ2v) is 6.26. The first-order valence-electron chi connectivity index (χ1n) is 8.46. The first kappa shape index (κ1) is 16.8. The van der Waals surface area contributed by atoms with Gasteiger partial charge in [0.15, 0.2) is 0 Å². The van der Waals surface area contributed by atoms with Crippen molar-refractivity contribution in [2.45, 2.75) is 6.54 Å². The van der Waals surface area contributed by atoms with Crippen molar-refractivity contribution < 1.29 is 9.18 Å². The number of hydrogen-bond acceptors (Lipinski definition) is 3. The maximum atomic E-state index is 13.1. The molecule has 27 heavy (non-hydrogen) atoms. The second kappa shape index (κ2) is 6.92. The molecule has 5 nitrogen and oxygen atoms in total.